The summed E-state index contributed by atoms with van der Waals surface area (Å²) >= 11 is 1.43. The maximum atomic E-state index is 12.4. The molecule has 9 heteroatoms. The Bertz CT molecular complexity index is 1140. The normalized spacial score (nSPS) is 13.1. The minimum atomic E-state index is -3.58. The number of fused-ring (bicyclic) bond motifs is 1. The van der Waals surface area contributed by atoms with Crippen LogP contribution in [0.3, 0.4) is 0 Å². The molecule has 1 aliphatic rings. The van der Waals surface area contributed by atoms with Crippen LogP contribution in [0.25, 0.3) is 0 Å². The molecule has 1 aliphatic carbocycles. The Kier molecular flexibility index (Phi) is 5.25. The zero-order valence-corrected chi connectivity index (χ0v) is 16.9. The number of carbonyl (C=O) groups is 2. The molecule has 7 nitrogen and oxygen atoms in total. The minimum absolute atomic E-state index is 0.0859. The van der Waals surface area contributed by atoms with E-state index in [4.69, 9.17) is 4.42 Å². The van der Waals surface area contributed by atoms with E-state index in [9.17, 15) is 18.0 Å². The highest BCUT2D eigenvalue weighted by molar-refractivity contribution is 7.90. The number of amides is 2. The average Bonchev–Trinajstić information content (AvgIpc) is 3.42. The van der Waals surface area contributed by atoms with Gasteiger partial charge in [-0.3, -0.25) is 20.4 Å². The molecule has 0 bridgehead atoms. The van der Waals surface area contributed by atoms with Gasteiger partial charge in [-0.05, 0) is 55.2 Å². The van der Waals surface area contributed by atoms with Gasteiger partial charge in [0.1, 0.15) is 11.5 Å². The van der Waals surface area contributed by atoms with Crippen molar-refractivity contribution in [2.45, 2.75) is 29.9 Å². The summed E-state index contributed by atoms with van der Waals surface area (Å²) in [6.45, 7) is 0. The number of hydrogen-bond donors (Lipinski definition) is 2. The summed E-state index contributed by atoms with van der Waals surface area (Å²) in [4.78, 5) is 26.4. The summed E-state index contributed by atoms with van der Waals surface area (Å²) in [7, 11) is -3.58. The Hall–Kier alpha value is -2.91. The third-order valence-corrected chi connectivity index (χ3v) is 7.47. The van der Waals surface area contributed by atoms with Crippen molar-refractivity contribution in [3.63, 3.8) is 0 Å². The molecule has 0 atom stereocenters. The number of nitrogens with one attached hydrogen (secondary N) is 2. The molecule has 1 aromatic carbocycles. The fourth-order valence-corrected chi connectivity index (χ4v) is 5.57. The zero-order valence-electron chi connectivity index (χ0n) is 15.3. The fraction of sp³-hybridized carbons (Fsp3) is 0.200. The molecule has 29 heavy (non-hydrogen) atoms. The van der Waals surface area contributed by atoms with Gasteiger partial charge in [0.05, 0.1) is 9.77 Å². The molecular weight excluding hydrogens is 412 g/mol. The Morgan fingerprint density at radius 3 is 2.52 bits per heavy atom. The van der Waals surface area contributed by atoms with Crippen molar-refractivity contribution >= 4 is 33.0 Å². The molecule has 0 aliphatic heterocycles. The van der Waals surface area contributed by atoms with Gasteiger partial charge in [-0.25, -0.2) is 8.42 Å². The largest absolute Gasteiger partial charge is 0.455 e. The van der Waals surface area contributed by atoms with Crippen LogP contribution in [-0.2, 0) is 28.4 Å². The highest BCUT2D eigenvalue weighted by atomic mass is 32.2. The third kappa shape index (κ3) is 4.25. The van der Waals surface area contributed by atoms with Crippen molar-refractivity contribution in [3.05, 3.63) is 75.4 Å². The van der Waals surface area contributed by atoms with Crippen molar-refractivity contribution in [1.82, 2.24) is 10.9 Å². The molecule has 0 unspecified atom stereocenters. The Labute approximate surface area is 171 Å². The molecule has 2 N–H and O–H groups in total. The van der Waals surface area contributed by atoms with Crippen molar-refractivity contribution in [1.29, 1.82) is 0 Å². The molecule has 0 radical (unpaired) electrons. The van der Waals surface area contributed by atoms with Crippen LogP contribution in [0.5, 0.6) is 0 Å². The molecule has 0 fully saturated rings. The molecular formula is C20H18N2O5S2. The summed E-state index contributed by atoms with van der Waals surface area (Å²) in [5.74, 6) is -1.36. The Balaban J connectivity index is 1.36. The number of thiophene rings is 1. The van der Waals surface area contributed by atoms with Crippen LogP contribution in [-0.4, -0.2) is 20.2 Å². The quantitative estimate of drug-likeness (QED) is 0.606. The van der Waals surface area contributed by atoms with Crippen LogP contribution < -0.4 is 10.9 Å². The van der Waals surface area contributed by atoms with Gasteiger partial charge in [-0.2, -0.15) is 0 Å². The van der Waals surface area contributed by atoms with Gasteiger partial charge in [-0.1, -0.05) is 18.2 Å². The van der Waals surface area contributed by atoms with Gasteiger partial charge in [0.25, 0.3) is 5.91 Å². The standard InChI is InChI=1S/C20H18N2O5S2/c23-19(21-22-20(24)18-11-13-5-4-8-17(13)28-18)16-10-9-14(27-16)12-29(25,26)15-6-2-1-3-7-15/h1-3,6-7,9-11H,4-5,8,12H2,(H,21,23)(H,22,24). The first-order valence-corrected chi connectivity index (χ1v) is 11.5. The van der Waals surface area contributed by atoms with E-state index in [1.165, 1.54) is 46.0 Å². The molecule has 0 spiro atoms. The van der Waals surface area contributed by atoms with E-state index in [1.54, 1.807) is 18.2 Å². The lowest BCUT2D eigenvalue weighted by Gasteiger charge is -2.05. The van der Waals surface area contributed by atoms with Crippen LogP contribution >= 0.6 is 11.3 Å². The second kappa shape index (κ2) is 7.84. The van der Waals surface area contributed by atoms with Gasteiger partial charge in [0, 0.05) is 4.88 Å². The molecule has 150 valence electrons. The first kappa shape index (κ1) is 19.4. The molecule has 0 saturated heterocycles. The van der Waals surface area contributed by atoms with E-state index in [-0.39, 0.29) is 22.2 Å². The van der Waals surface area contributed by atoms with Crippen molar-refractivity contribution < 1.29 is 22.4 Å². The van der Waals surface area contributed by atoms with E-state index in [1.807, 2.05) is 6.07 Å². The summed E-state index contributed by atoms with van der Waals surface area (Å²) in [5, 5.41) is 0. The second-order valence-electron chi connectivity index (χ2n) is 6.66. The summed E-state index contributed by atoms with van der Waals surface area (Å²) < 4.78 is 30.1. The van der Waals surface area contributed by atoms with E-state index in [0.717, 1.165) is 19.3 Å². The van der Waals surface area contributed by atoms with E-state index in [2.05, 4.69) is 10.9 Å². The van der Waals surface area contributed by atoms with E-state index in [0.29, 0.717) is 4.88 Å². The Morgan fingerprint density at radius 1 is 1.00 bits per heavy atom. The number of aryl methyl sites for hydroxylation is 2. The van der Waals surface area contributed by atoms with Gasteiger partial charge >= 0.3 is 5.91 Å². The van der Waals surface area contributed by atoms with Crippen LogP contribution in [0, 0.1) is 0 Å². The first-order valence-electron chi connectivity index (χ1n) is 9.01. The van der Waals surface area contributed by atoms with Crippen LogP contribution in [0.15, 0.2) is 57.8 Å². The van der Waals surface area contributed by atoms with E-state index >= 15 is 0 Å². The zero-order chi connectivity index (χ0) is 20.4. The third-order valence-electron chi connectivity index (χ3n) is 4.58. The van der Waals surface area contributed by atoms with Gasteiger partial charge < -0.3 is 4.42 Å². The van der Waals surface area contributed by atoms with E-state index < -0.39 is 21.7 Å². The number of furan rings is 1. The number of sulfone groups is 1. The maximum Gasteiger partial charge on any atom is 0.305 e. The number of carbonyl (C=O) groups excluding carboxylic acids is 2. The fourth-order valence-electron chi connectivity index (χ4n) is 3.15. The number of hydrogen-bond acceptors (Lipinski definition) is 6. The van der Waals surface area contributed by atoms with Crippen LogP contribution in [0.4, 0.5) is 0 Å². The second-order valence-corrected chi connectivity index (χ2v) is 9.79. The summed E-state index contributed by atoms with van der Waals surface area (Å²) in [6.07, 6.45) is 3.08. The monoisotopic (exact) mass is 430 g/mol. The van der Waals surface area contributed by atoms with Crippen molar-refractivity contribution in [2.24, 2.45) is 0 Å². The highest BCUT2D eigenvalue weighted by Gasteiger charge is 2.21. The predicted octanol–water partition coefficient (Wildman–Crippen LogP) is 2.88. The Morgan fingerprint density at radius 2 is 1.76 bits per heavy atom. The lowest BCUT2D eigenvalue weighted by molar-refractivity contribution is 0.0832. The van der Waals surface area contributed by atoms with Gasteiger partial charge in [-0.15, -0.1) is 11.3 Å². The maximum absolute atomic E-state index is 12.4. The minimum Gasteiger partial charge on any atom is -0.455 e. The van der Waals surface area contributed by atoms with Gasteiger partial charge in [0.2, 0.25) is 0 Å². The SMILES string of the molecule is O=C(NNC(=O)c1cc2c(s1)CCC2)c1ccc(CS(=O)(=O)c2ccccc2)o1. The average molecular weight is 431 g/mol. The smallest absolute Gasteiger partial charge is 0.305 e. The lowest BCUT2D eigenvalue weighted by Crippen LogP contribution is -2.41. The molecule has 3 aromatic rings. The molecule has 0 saturated carbocycles. The van der Waals surface area contributed by atoms with Crippen LogP contribution in [0.2, 0.25) is 0 Å². The van der Waals surface area contributed by atoms with Crippen molar-refractivity contribution in [2.75, 3.05) is 0 Å². The predicted molar refractivity (Wildman–Crippen MR) is 107 cm³/mol. The topological polar surface area (TPSA) is 105 Å². The molecule has 2 amide bonds. The molecule has 2 heterocycles. The van der Waals surface area contributed by atoms with Crippen molar-refractivity contribution in [3.8, 4) is 0 Å². The van der Waals surface area contributed by atoms with Crippen LogP contribution in [0.1, 0.15) is 42.8 Å². The van der Waals surface area contributed by atoms with Gasteiger partial charge in [0.15, 0.2) is 15.6 Å². The number of rotatable bonds is 5. The lowest BCUT2D eigenvalue weighted by atomic mass is 10.2. The summed E-state index contributed by atoms with van der Waals surface area (Å²) in [6, 6.07) is 12.7. The molecule has 4 rings (SSSR count). The highest BCUT2D eigenvalue weighted by Crippen LogP contribution is 2.30. The number of benzene rings is 1. The number of hydrazine groups is 1. The molecule has 2 aromatic heterocycles. The first-order chi connectivity index (χ1) is 13.9. The summed E-state index contributed by atoms with van der Waals surface area (Å²) in [5.41, 5.74) is 5.85.